The summed E-state index contributed by atoms with van der Waals surface area (Å²) in [5.41, 5.74) is 7.92. The largest absolute Gasteiger partial charge is 0.493 e. The van der Waals surface area contributed by atoms with E-state index in [1.807, 2.05) is 12.3 Å². The van der Waals surface area contributed by atoms with E-state index in [0.29, 0.717) is 0 Å². The number of pyridine rings is 1. The molecule has 0 radical (unpaired) electrons. The van der Waals surface area contributed by atoms with Crippen LogP contribution in [0.15, 0.2) is 12.3 Å². The Labute approximate surface area is 77.9 Å². The molecule has 3 heteroatoms. The van der Waals surface area contributed by atoms with Crippen LogP contribution in [0.5, 0.6) is 5.75 Å². The normalized spacial score (nSPS) is 13.9. The third-order valence-electron chi connectivity index (χ3n) is 2.33. The molecular weight excluding hydrogens is 164 g/mol. The molecule has 0 aliphatic carbocycles. The molecular formula is C10H14N2O. The highest BCUT2D eigenvalue weighted by Crippen LogP contribution is 2.26. The molecule has 0 bridgehead atoms. The second kappa shape index (κ2) is 3.75. The number of nitrogens with zero attached hydrogens (tertiary/aromatic N) is 1. The van der Waals surface area contributed by atoms with Crippen molar-refractivity contribution in [1.82, 2.24) is 4.98 Å². The lowest BCUT2D eigenvalue weighted by Gasteiger charge is -2.04. The molecule has 0 amide bonds. The van der Waals surface area contributed by atoms with Crippen LogP contribution >= 0.6 is 0 Å². The maximum absolute atomic E-state index is 5.46. The van der Waals surface area contributed by atoms with Gasteiger partial charge >= 0.3 is 0 Å². The molecule has 70 valence electrons. The van der Waals surface area contributed by atoms with E-state index in [1.165, 1.54) is 11.3 Å². The van der Waals surface area contributed by atoms with E-state index >= 15 is 0 Å². The lowest BCUT2D eigenvalue weighted by atomic mass is 10.1. The number of fused-ring (bicyclic) bond motifs is 1. The van der Waals surface area contributed by atoms with Gasteiger partial charge in [0.2, 0.25) is 0 Å². The first-order chi connectivity index (χ1) is 6.42. The van der Waals surface area contributed by atoms with Gasteiger partial charge in [0.15, 0.2) is 0 Å². The summed E-state index contributed by atoms with van der Waals surface area (Å²) in [6.07, 6.45) is 4.80. The monoisotopic (exact) mass is 178 g/mol. The van der Waals surface area contributed by atoms with Crippen molar-refractivity contribution in [3.8, 4) is 5.75 Å². The average Bonchev–Trinajstić information content (AvgIpc) is 2.62. The lowest BCUT2D eigenvalue weighted by Crippen LogP contribution is -2.03. The van der Waals surface area contributed by atoms with Gasteiger partial charge in [-0.05, 0) is 25.5 Å². The second-order valence-corrected chi connectivity index (χ2v) is 3.23. The number of hydrogen-bond acceptors (Lipinski definition) is 3. The number of rotatable bonds is 3. The van der Waals surface area contributed by atoms with Crippen molar-refractivity contribution >= 4 is 0 Å². The number of hydrogen-bond donors (Lipinski definition) is 1. The summed E-state index contributed by atoms with van der Waals surface area (Å²) >= 11 is 0. The van der Waals surface area contributed by atoms with E-state index < -0.39 is 0 Å². The van der Waals surface area contributed by atoms with Crippen molar-refractivity contribution in [2.75, 3.05) is 13.2 Å². The smallest absolute Gasteiger partial charge is 0.125 e. The first kappa shape index (κ1) is 8.51. The third-order valence-corrected chi connectivity index (χ3v) is 2.33. The minimum atomic E-state index is 0.728. The molecule has 1 aromatic rings. The first-order valence-electron chi connectivity index (χ1n) is 4.71. The van der Waals surface area contributed by atoms with E-state index in [-0.39, 0.29) is 0 Å². The van der Waals surface area contributed by atoms with Gasteiger partial charge in [-0.15, -0.1) is 0 Å². The summed E-state index contributed by atoms with van der Waals surface area (Å²) in [7, 11) is 0. The Bertz CT molecular complexity index is 299. The minimum Gasteiger partial charge on any atom is -0.493 e. The highest BCUT2D eigenvalue weighted by molar-refractivity contribution is 5.38. The Morgan fingerprint density at radius 3 is 3.31 bits per heavy atom. The Balaban J connectivity index is 2.20. The summed E-state index contributed by atoms with van der Waals surface area (Å²) < 4.78 is 5.45. The van der Waals surface area contributed by atoms with Crippen LogP contribution in [0.1, 0.15) is 17.7 Å². The molecule has 0 aromatic carbocycles. The van der Waals surface area contributed by atoms with Crippen molar-refractivity contribution in [2.45, 2.75) is 19.3 Å². The molecule has 2 N–H and O–H groups in total. The van der Waals surface area contributed by atoms with Gasteiger partial charge in [0.25, 0.3) is 0 Å². The molecule has 0 atom stereocenters. The van der Waals surface area contributed by atoms with Gasteiger partial charge < -0.3 is 10.5 Å². The zero-order valence-corrected chi connectivity index (χ0v) is 7.62. The minimum absolute atomic E-state index is 0.728. The molecule has 2 rings (SSSR count). The molecule has 13 heavy (non-hydrogen) atoms. The van der Waals surface area contributed by atoms with Gasteiger partial charge in [-0.1, -0.05) is 0 Å². The molecule has 1 aliphatic heterocycles. The molecule has 1 aliphatic rings. The molecule has 0 spiro atoms. The Hall–Kier alpha value is -1.09. The van der Waals surface area contributed by atoms with Gasteiger partial charge in [0.05, 0.1) is 6.61 Å². The Morgan fingerprint density at radius 2 is 2.46 bits per heavy atom. The van der Waals surface area contributed by atoms with Gasteiger partial charge in [-0.3, -0.25) is 4.98 Å². The summed E-state index contributed by atoms with van der Waals surface area (Å²) in [4.78, 5) is 4.35. The van der Waals surface area contributed by atoms with Crippen molar-refractivity contribution < 1.29 is 4.74 Å². The van der Waals surface area contributed by atoms with E-state index in [4.69, 9.17) is 10.5 Å². The predicted octanol–water partition coefficient (Wildman–Crippen LogP) is 0.908. The molecule has 0 fully saturated rings. The molecule has 0 saturated carbocycles. The maximum Gasteiger partial charge on any atom is 0.125 e. The number of nitrogens with two attached hydrogens (primary N) is 1. The van der Waals surface area contributed by atoms with Crippen molar-refractivity contribution in [3.05, 3.63) is 23.5 Å². The van der Waals surface area contributed by atoms with Crippen LogP contribution in [-0.2, 0) is 12.8 Å². The summed E-state index contributed by atoms with van der Waals surface area (Å²) in [6, 6.07) is 1.94. The topological polar surface area (TPSA) is 48.1 Å². The molecule has 1 aromatic heterocycles. The quantitative estimate of drug-likeness (QED) is 0.748. The number of ether oxygens (including phenoxy) is 1. The van der Waals surface area contributed by atoms with E-state index in [2.05, 4.69) is 4.98 Å². The van der Waals surface area contributed by atoms with Crippen LogP contribution in [0, 0.1) is 0 Å². The summed E-state index contributed by atoms with van der Waals surface area (Å²) in [5.74, 6) is 1.02. The second-order valence-electron chi connectivity index (χ2n) is 3.23. The standard InChI is InChI=1S/C10H14N2O/c11-5-1-2-9-8-4-7-13-10(8)3-6-12-9/h3,6H,1-2,4-5,7,11H2. The molecule has 0 saturated heterocycles. The van der Waals surface area contributed by atoms with Crippen LogP contribution in [0.25, 0.3) is 0 Å². The van der Waals surface area contributed by atoms with Gasteiger partial charge in [0, 0.05) is 23.9 Å². The third kappa shape index (κ3) is 1.65. The average molecular weight is 178 g/mol. The lowest BCUT2D eigenvalue weighted by molar-refractivity contribution is 0.356. The van der Waals surface area contributed by atoms with Gasteiger partial charge in [-0.25, -0.2) is 0 Å². The number of aryl methyl sites for hydroxylation is 1. The van der Waals surface area contributed by atoms with Crippen LogP contribution < -0.4 is 10.5 Å². The summed E-state index contributed by atoms with van der Waals surface area (Å²) in [5, 5.41) is 0. The van der Waals surface area contributed by atoms with Gasteiger partial charge in [0.1, 0.15) is 5.75 Å². The number of aromatic nitrogens is 1. The van der Waals surface area contributed by atoms with E-state index in [0.717, 1.165) is 38.2 Å². The maximum atomic E-state index is 5.46. The molecule has 0 unspecified atom stereocenters. The Kier molecular flexibility index (Phi) is 2.45. The highest BCUT2D eigenvalue weighted by Gasteiger charge is 2.15. The predicted molar refractivity (Wildman–Crippen MR) is 50.8 cm³/mol. The van der Waals surface area contributed by atoms with Crippen LogP contribution in [0.2, 0.25) is 0 Å². The van der Waals surface area contributed by atoms with Crippen LogP contribution in [0.3, 0.4) is 0 Å². The fourth-order valence-corrected chi connectivity index (χ4v) is 1.67. The fourth-order valence-electron chi connectivity index (χ4n) is 1.67. The Morgan fingerprint density at radius 1 is 1.54 bits per heavy atom. The first-order valence-corrected chi connectivity index (χ1v) is 4.71. The fraction of sp³-hybridized carbons (Fsp3) is 0.500. The van der Waals surface area contributed by atoms with E-state index in [1.54, 1.807) is 0 Å². The van der Waals surface area contributed by atoms with Crippen molar-refractivity contribution in [2.24, 2.45) is 5.73 Å². The van der Waals surface area contributed by atoms with Crippen LogP contribution in [0.4, 0.5) is 0 Å². The van der Waals surface area contributed by atoms with Crippen molar-refractivity contribution in [3.63, 3.8) is 0 Å². The SMILES string of the molecule is NCCCc1nccc2c1CCO2. The van der Waals surface area contributed by atoms with Crippen molar-refractivity contribution in [1.29, 1.82) is 0 Å². The van der Waals surface area contributed by atoms with Crippen LogP contribution in [-0.4, -0.2) is 18.1 Å². The molecule has 3 nitrogen and oxygen atoms in total. The zero-order valence-electron chi connectivity index (χ0n) is 7.62. The zero-order chi connectivity index (χ0) is 9.10. The summed E-state index contributed by atoms with van der Waals surface area (Å²) in [6.45, 7) is 1.53. The van der Waals surface area contributed by atoms with Gasteiger partial charge in [-0.2, -0.15) is 0 Å². The highest BCUT2D eigenvalue weighted by atomic mass is 16.5. The van der Waals surface area contributed by atoms with E-state index in [9.17, 15) is 0 Å². The molecule has 2 heterocycles.